The van der Waals surface area contributed by atoms with Crippen LogP contribution in [0.15, 0.2) is 17.3 Å². The molecule has 1 aromatic heterocycles. The predicted octanol–water partition coefficient (Wildman–Crippen LogP) is 1.10. The van der Waals surface area contributed by atoms with Gasteiger partial charge in [-0.1, -0.05) is 0 Å². The first-order valence-electron chi connectivity index (χ1n) is 4.25. The number of anilines is 1. The van der Waals surface area contributed by atoms with E-state index < -0.39 is 5.97 Å². The largest absolute Gasteiger partial charge is 0.478 e. The van der Waals surface area contributed by atoms with Gasteiger partial charge in [0.1, 0.15) is 5.03 Å². The van der Waals surface area contributed by atoms with Crippen molar-refractivity contribution in [2.45, 2.75) is 5.03 Å². The lowest BCUT2D eigenvalue weighted by atomic mass is 10.3. The molecule has 0 saturated carbocycles. The second-order valence-electron chi connectivity index (χ2n) is 2.76. The lowest BCUT2D eigenvalue weighted by Gasteiger charge is -2.04. The van der Waals surface area contributed by atoms with Gasteiger partial charge in [-0.25, -0.2) is 9.78 Å². The minimum Gasteiger partial charge on any atom is -0.478 e. The third kappa shape index (κ3) is 3.41. The van der Waals surface area contributed by atoms with Crippen molar-refractivity contribution in [3.05, 3.63) is 17.8 Å². The Kier molecular flexibility index (Phi) is 4.38. The van der Waals surface area contributed by atoms with Gasteiger partial charge in [0.15, 0.2) is 0 Å². The molecule has 1 heterocycles. The Hall–Kier alpha value is -1.27. The number of nitrogens with zero attached hydrogens (tertiary/aromatic N) is 1. The van der Waals surface area contributed by atoms with Crippen LogP contribution in [0.2, 0.25) is 0 Å². The summed E-state index contributed by atoms with van der Waals surface area (Å²) in [6, 6.07) is 1.41. The Balaban J connectivity index is 2.70. The highest BCUT2D eigenvalue weighted by Gasteiger charge is 2.07. The molecule has 0 amide bonds. The first-order chi connectivity index (χ1) is 7.15. The standard InChI is InChI=1S/C9H12N2O3S/c1-14-2-3-15-8-7(10)4-6(5-11-8)9(12)13/h4-5H,2-3,10H2,1H3,(H,12,13). The van der Waals surface area contributed by atoms with Crippen molar-refractivity contribution in [3.8, 4) is 0 Å². The summed E-state index contributed by atoms with van der Waals surface area (Å²) in [5.41, 5.74) is 6.14. The number of thioether (sulfide) groups is 1. The van der Waals surface area contributed by atoms with Gasteiger partial charge in [-0.05, 0) is 6.07 Å². The number of rotatable bonds is 5. The van der Waals surface area contributed by atoms with Gasteiger partial charge in [0.2, 0.25) is 0 Å². The zero-order valence-corrected chi connectivity index (χ0v) is 9.08. The second kappa shape index (κ2) is 5.57. The zero-order valence-electron chi connectivity index (χ0n) is 8.27. The molecule has 0 aromatic carbocycles. The van der Waals surface area contributed by atoms with Gasteiger partial charge in [-0.2, -0.15) is 0 Å². The molecule has 0 atom stereocenters. The summed E-state index contributed by atoms with van der Waals surface area (Å²) in [7, 11) is 1.62. The molecule has 0 spiro atoms. The quantitative estimate of drug-likeness (QED) is 0.580. The molecule has 0 aliphatic rings. The van der Waals surface area contributed by atoms with Gasteiger partial charge in [0, 0.05) is 19.1 Å². The Labute approximate surface area is 91.6 Å². The van der Waals surface area contributed by atoms with E-state index in [9.17, 15) is 4.79 Å². The lowest BCUT2D eigenvalue weighted by molar-refractivity contribution is 0.0696. The first kappa shape index (κ1) is 11.8. The van der Waals surface area contributed by atoms with Crippen LogP contribution >= 0.6 is 11.8 Å². The SMILES string of the molecule is COCCSc1ncc(C(=O)O)cc1N. The van der Waals surface area contributed by atoms with Crippen molar-refractivity contribution < 1.29 is 14.6 Å². The number of aromatic nitrogens is 1. The number of ether oxygens (including phenoxy) is 1. The van der Waals surface area contributed by atoms with Crippen molar-refractivity contribution in [3.63, 3.8) is 0 Å². The van der Waals surface area contributed by atoms with Gasteiger partial charge < -0.3 is 15.6 Å². The van der Waals surface area contributed by atoms with Crippen LogP contribution in [0.3, 0.4) is 0 Å². The normalized spacial score (nSPS) is 10.2. The molecule has 82 valence electrons. The molecule has 15 heavy (non-hydrogen) atoms. The van der Waals surface area contributed by atoms with Crippen LogP contribution < -0.4 is 5.73 Å². The molecule has 0 fully saturated rings. The van der Waals surface area contributed by atoms with Gasteiger partial charge in [-0.15, -0.1) is 11.8 Å². The molecule has 0 aliphatic carbocycles. The van der Waals surface area contributed by atoms with E-state index in [0.29, 0.717) is 17.3 Å². The Morgan fingerprint density at radius 1 is 1.73 bits per heavy atom. The number of nitrogens with two attached hydrogens (primary N) is 1. The number of aromatic carboxylic acids is 1. The van der Waals surface area contributed by atoms with Crippen molar-refractivity contribution in [1.82, 2.24) is 4.98 Å². The van der Waals surface area contributed by atoms with Crippen molar-refractivity contribution in [2.24, 2.45) is 0 Å². The maximum atomic E-state index is 10.6. The summed E-state index contributed by atoms with van der Waals surface area (Å²) in [4.78, 5) is 14.6. The minimum atomic E-state index is -1.03. The first-order valence-corrected chi connectivity index (χ1v) is 5.24. The van der Waals surface area contributed by atoms with Gasteiger partial charge >= 0.3 is 5.97 Å². The third-order valence-corrected chi connectivity index (χ3v) is 2.64. The molecule has 0 aliphatic heterocycles. The van der Waals surface area contributed by atoms with E-state index in [1.165, 1.54) is 24.0 Å². The van der Waals surface area contributed by atoms with E-state index >= 15 is 0 Å². The van der Waals surface area contributed by atoms with E-state index in [4.69, 9.17) is 15.6 Å². The van der Waals surface area contributed by atoms with E-state index in [0.717, 1.165) is 5.75 Å². The smallest absolute Gasteiger partial charge is 0.337 e. The number of carboxylic acid groups (broad SMARTS) is 1. The maximum absolute atomic E-state index is 10.6. The molecule has 0 saturated heterocycles. The van der Waals surface area contributed by atoms with E-state index in [2.05, 4.69) is 4.98 Å². The monoisotopic (exact) mass is 228 g/mol. The number of carboxylic acids is 1. The maximum Gasteiger partial charge on any atom is 0.337 e. The minimum absolute atomic E-state index is 0.101. The van der Waals surface area contributed by atoms with Crippen molar-refractivity contribution in [2.75, 3.05) is 25.2 Å². The highest BCUT2D eigenvalue weighted by Crippen LogP contribution is 2.22. The van der Waals surface area contributed by atoms with Crippen molar-refractivity contribution >= 4 is 23.4 Å². The predicted molar refractivity (Wildman–Crippen MR) is 58.2 cm³/mol. The summed E-state index contributed by atoms with van der Waals surface area (Å²) in [5, 5.41) is 9.33. The van der Waals surface area contributed by atoms with Crippen LogP contribution in [-0.2, 0) is 4.74 Å². The molecule has 0 radical (unpaired) electrons. The number of carbonyl (C=O) groups is 1. The molecule has 5 nitrogen and oxygen atoms in total. The number of methoxy groups -OCH3 is 1. The highest BCUT2D eigenvalue weighted by molar-refractivity contribution is 7.99. The molecule has 1 aromatic rings. The van der Waals surface area contributed by atoms with Crippen LogP contribution in [0.25, 0.3) is 0 Å². The Bertz CT molecular complexity index is 357. The Morgan fingerprint density at radius 2 is 2.47 bits per heavy atom. The van der Waals surface area contributed by atoms with Gasteiger partial charge in [-0.3, -0.25) is 0 Å². The van der Waals surface area contributed by atoms with Crippen LogP contribution in [-0.4, -0.2) is 35.5 Å². The summed E-state index contributed by atoms with van der Waals surface area (Å²) < 4.78 is 4.88. The highest BCUT2D eigenvalue weighted by atomic mass is 32.2. The number of hydrogen-bond donors (Lipinski definition) is 2. The van der Waals surface area contributed by atoms with E-state index in [1.54, 1.807) is 7.11 Å². The van der Waals surface area contributed by atoms with Crippen LogP contribution in [0, 0.1) is 0 Å². The summed E-state index contributed by atoms with van der Waals surface area (Å²) in [5.74, 6) is -0.289. The average molecular weight is 228 g/mol. The van der Waals surface area contributed by atoms with Gasteiger partial charge in [0.25, 0.3) is 0 Å². The van der Waals surface area contributed by atoms with Crippen LogP contribution in [0.1, 0.15) is 10.4 Å². The number of hydrogen-bond acceptors (Lipinski definition) is 5. The summed E-state index contributed by atoms with van der Waals surface area (Å²) in [6.07, 6.45) is 1.30. The summed E-state index contributed by atoms with van der Waals surface area (Å²) >= 11 is 1.44. The fraction of sp³-hybridized carbons (Fsp3) is 0.333. The fourth-order valence-electron chi connectivity index (χ4n) is 0.928. The fourth-order valence-corrected chi connectivity index (χ4v) is 1.72. The van der Waals surface area contributed by atoms with E-state index in [1.807, 2.05) is 0 Å². The molecule has 6 heteroatoms. The molecule has 3 N–H and O–H groups in total. The molecular weight excluding hydrogens is 216 g/mol. The topological polar surface area (TPSA) is 85.4 Å². The van der Waals surface area contributed by atoms with Crippen LogP contribution in [0.5, 0.6) is 0 Å². The lowest BCUT2D eigenvalue weighted by Crippen LogP contribution is -2.02. The number of nitrogen functional groups attached to an aromatic ring is 1. The van der Waals surface area contributed by atoms with Crippen molar-refractivity contribution in [1.29, 1.82) is 0 Å². The summed E-state index contributed by atoms with van der Waals surface area (Å²) in [6.45, 7) is 0.604. The Morgan fingerprint density at radius 3 is 3.00 bits per heavy atom. The van der Waals surface area contributed by atoms with E-state index in [-0.39, 0.29) is 5.56 Å². The molecule has 0 unspecified atom stereocenters. The molecule has 0 bridgehead atoms. The molecular formula is C9H12N2O3S. The number of pyridine rings is 1. The second-order valence-corrected chi connectivity index (χ2v) is 3.85. The van der Waals surface area contributed by atoms with Gasteiger partial charge in [0.05, 0.1) is 17.9 Å². The third-order valence-electron chi connectivity index (χ3n) is 1.65. The van der Waals surface area contributed by atoms with Crippen LogP contribution in [0.4, 0.5) is 5.69 Å². The molecule has 1 rings (SSSR count). The zero-order chi connectivity index (χ0) is 11.3. The average Bonchev–Trinajstić information content (AvgIpc) is 2.20.